The number of carbonyl (C=O) groups is 1. The van der Waals surface area contributed by atoms with Crippen LogP contribution in [0.15, 0.2) is 76.4 Å². The number of halogens is 1. The number of fused-ring (bicyclic) bond motifs is 1. The second kappa shape index (κ2) is 9.67. The largest absolute Gasteiger partial charge is 0.328 e. The van der Waals surface area contributed by atoms with Gasteiger partial charge in [-0.3, -0.25) is 4.79 Å². The summed E-state index contributed by atoms with van der Waals surface area (Å²) in [6, 6.07) is 16.0. The van der Waals surface area contributed by atoms with Crippen LogP contribution in [0.4, 0.5) is 16.0 Å². The van der Waals surface area contributed by atoms with Crippen molar-refractivity contribution >= 4 is 40.6 Å². The summed E-state index contributed by atoms with van der Waals surface area (Å²) in [7, 11) is 0. The standard InChI is InChI=1S/C26H24FN5OS2/c1-15-8-4-7-11-20(15)29-24(33)21-17(3)28-25-30-26(35-14-18-9-5-6-10-19(18)27)31-32(25)22(21)23-16(2)12-13-34-23/h4-13,22H,14H2,1-3H3,(H,29,33)(H,28,30,31). The summed E-state index contributed by atoms with van der Waals surface area (Å²) in [6.45, 7) is 5.88. The molecule has 0 saturated heterocycles. The number of aryl methyl sites for hydroxylation is 2. The Balaban J connectivity index is 1.49. The Hall–Kier alpha value is -3.43. The molecule has 1 atom stereocenters. The van der Waals surface area contributed by atoms with Gasteiger partial charge in [0.15, 0.2) is 0 Å². The van der Waals surface area contributed by atoms with Gasteiger partial charge in [0.25, 0.3) is 5.91 Å². The number of benzene rings is 2. The Morgan fingerprint density at radius 1 is 1.11 bits per heavy atom. The molecule has 178 valence electrons. The summed E-state index contributed by atoms with van der Waals surface area (Å²) >= 11 is 2.95. The van der Waals surface area contributed by atoms with Crippen molar-refractivity contribution in [3.63, 3.8) is 0 Å². The predicted octanol–water partition coefficient (Wildman–Crippen LogP) is 6.32. The predicted molar refractivity (Wildman–Crippen MR) is 139 cm³/mol. The van der Waals surface area contributed by atoms with Crippen LogP contribution in [-0.2, 0) is 10.5 Å². The third kappa shape index (κ3) is 4.61. The van der Waals surface area contributed by atoms with E-state index in [1.807, 2.05) is 62.5 Å². The normalized spacial score (nSPS) is 15.0. The highest BCUT2D eigenvalue weighted by atomic mass is 32.2. The quantitative estimate of drug-likeness (QED) is 0.300. The van der Waals surface area contributed by atoms with E-state index in [2.05, 4.69) is 15.6 Å². The lowest BCUT2D eigenvalue weighted by atomic mass is 9.98. The summed E-state index contributed by atoms with van der Waals surface area (Å²) in [5, 5.41) is 13.6. The van der Waals surface area contributed by atoms with Gasteiger partial charge in [-0.15, -0.1) is 16.4 Å². The minimum absolute atomic E-state index is 0.191. The van der Waals surface area contributed by atoms with Crippen LogP contribution in [-0.4, -0.2) is 20.7 Å². The Bertz CT molecular complexity index is 1440. The maximum absolute atomic E-state index is 14.1. The first-order chi connectivity index (χ1) is 16.9. The zero-order valence-corrected chi connectivity index (χ0v) is 21.1. The van der Waals surface area contributed by atoms with Gasteiger partial charge in [-0.1, -0.05) is 48.2 Å². The number of hydrogen-bond donors (Lipinski definition) is 2. The Morgan fingerprint density at radius 3 is 2.63 bits per heavy atom. The molecule has 2 aromatic carbocycles. The second-order valence-electron chi connectivity index (χ2n) is 8.35. The van der Waals surface area contributed by atoms with E-state index in [0.717, 1.165) is 27.4 Å². The molecule has 9 heteroatoms. The first-order valence-corrected chi connectivity index (χ1v) is 13.0. The van der Waals surface area contributed by atoms with Crippen molar-refractivity contribution in [2.75, 3.05) is 10.6 Å². The number of allylic oxidation sites excluding steroid dienone is 1. The fourth-order valence-corrected chi connectivity index (χ4v) is 5.89. The number of para-hydroxylation sites is 1. The van der Waals surface area contributed by atoms with Crippen LogP contribution < -0.4 is 10.6 Å². The molecule has 0 aliphatic carbocycles. The van der Waals surface area contributed by atoms with Gasteiger partial charge in [0.1, 0.15) is 11.9 Å². The van der Waals surface area contributed by atoms with Crippen LogP contribution in [0.3, 0.4) is 0 Å². The highest BCUT2D eigenvalue weighted by molar-refractivity contribution is 7.98. The average Bonchev–Trinajstić information content (AvgIpc) is 3.44. The monoisotopic (exact) mass is 505 g/mol. The van der Waals surface area contributed by atoms with E-state index in [4.69, 9.17) is 5.10 Å². The molecular formula is C26H24FN5OS2. The number of hydrogen-bond acceptors (Lipinski definition) is 6. The van der Waals surface area contributed by atoms with Crippen LogP contribution in [0.25, 0.3) is 0 Å². The first-order valence-electron chi connectivity index (χ1n) is 11.1. The van der Waals surface area contributed by atoms with Crippen molar-refractivity contribution in [1.29, 1.82) is 0 Å². The van der Waals surface area contributed by atoms with E-state index in [0.29, 0.717) is 28.0 Å². The van der Waals surface area contributed by atoms with Crippen LogP contribution >= 0.6 is 23.1 Å². The zero-order valence-electron chi connectivity index (χ0n) is 19.5. The Kier molecular flexibility index (Phi) is 6.44. The van der Waals surface area contributed by atoms with Gasteiger partial charge in [0.2, 0.25) is 11.1 Å². The average molecular weight is 506 g/mol. The fourth-order valence-electron chi connectivity index (χ4n) is 4.05. The molecule has 0 radical (unpaired) electrons. The minimum Gasteiger partial charge on any atom is -0.328 e. The molecule has 3 heterocycles. The Morgan fingerprint density at radius 2 is 1.89 bits per heavy atom. The molecular weight excluding hydrogens is 481 g/mol. The van der Waals surface area contributed by atoms with Gasteiger partial charge >= 0.3 is 0 Å². The maximum Gasteiger partial charge on any atom is 0.255 e. The molecule has 35 heavy (non-hydrogen) atoms. The van der Waals surface area contributed by atoms with E-state index >= 15 is 0 Å². The number of thiophene rings is 1. The maximum atomic E-state index is 14.1. The number of thioether (sulfide) groups is 1. The molecule has 1 unspecified atom stereocenters. The van der Waals surface area contributed by atoms with Gasteiger partial charge in [0.05, 0.1) is 5.57 Å². The van der Waals surface area contributed by atoms with E-state index < -0.39 is 6.04 Å². The lowest BCUT2D eigenvalue weighted by Crippen LogP contribution is -2.31. The molecule has 5 rings (SSSR count). The van der Waals surface area contributed by atoms with Crippen molar-refractivity contribution in [1.82, 2.24) is 14.8 Å². The van der Waals surface area contributed by atoms with Crippen molar-refractivity contribution < 1.29 is 9.18 Å². The van der Waals surface area contributed by atoms with Crippen molar-refractivity contribution in [3.8, 4) is 0 Å². The summed E-state index contributed by atoms with van der Waals surface area (Å²) in [5.41, 5.74) is 4.74. The molecule has 0 saturated carbocycles. The van der Waals surface area contributed by atoms with E-state index in [1.54, 1.807) is 28.2 Å². The van der Waals surface area contributed by atoms with Gasteiger partial charge in [-0.05, 0) is 61.0 Å². The number of aromatic nitrogens is 3. The van der Waals surface area contributed by atoms with Gasteiger partial charge in [-0.25, -0.2) is 9.07 Å². The molecule has 0 spiro atoms. The number of nitrogens with one attached hydrogen (secondary N) is 2. The second-order valence-corrected chi connectivity index (χ2v) is 10.2. The number of carbonyl (C=O) groups excluding carboxylic acids is 1. The van der Waals surface area contributed by atoms with Crippen LogP contribution in [0.5, 0.6) is 0 Å². The molecule has 6 nitrogen and oxygen atoms in total. The van der Waals surface area contributed by atoms with Crippen LogP contribution in [0, 0.1) is 19.7 Å². The molecule has 0 fully saturated rings. The first kappa shape index (κ1) is 23.3. The van der Waals surface area contributed by atoms with Gasteiger partial charge in [0, 0.05) is 22.0 Å². The van der Waals surface area contributed by atoms with Gasteiger partial charge in [-0.2, -0.15) is 4.98 Å². The summed E-state index contributed by atoms with van der Waals surface area (Å²) in [5.74, 6) is 0.528. The lowest BCUT2D eigenvalue weighted by molar-refractivity contribution is -0.113. The Labute approximate surface area is 211 Å². The number of nitrogens with zero attached hydrogens (tertiary/aromatic N) is 3. The molecule has 4 aromatic rings. The SMILES string of the molecule is CC1=C(C(=O)Nc2ccccc2C)C(c2sccc2C)n2nc(SCc3ccccc3F)nc2N1. The third-order valence-corrected chi connectivity index (χ3v) is 7.89. The van der Waals surface area contributed by atoms with Gasteiger partial charge < -0.3 is 10.6 Å². The molecule has 2 aromatic heterocycles. The van der Waals surface area contributed by atoms with Crippen molar-refractivity contribution in [3.05, 3.63) is 98.6 Å². The van der Waals surface area contributed by atoms with Crippen LogP contribution in [0.2, 0.25) is 0 Å². The molecule has 2 N–H and O–H groups in total. The topological polar surface area (TPSA) is 71.8 Å². The third-order valence-electron chi connectivity index (χ3n) is 5.94. The van der Waals surface area contributed by atoms with Crippen LogP contribution in [0.1, 0.15) is 34.5 Å². The van der Waals surface area contributed by atoms with Crippen molar-refractivity contribution in [2.45, 2.75) is 37.7 Å². The fraction of sp³-hybridized carbons (Fsp3) is 0.192. The lowest BCUT2D eigenvalue weighted by Gasteiger charge is -2.28. The number of anilines is 2. The van der Waals surface area contributed by atoms with E-state index in [9.17, 15) is 9.18 Å². The minimum atomic E-state index is -0.425. The van der Waals surface area contributed by atoms with E-state index in [1.165, 1.54) is 17.8 Å². The highest BCUT2D eigenvalue weighted by Crippen LogP contribution is 2.40. The summed E-state index contributed by atoms with van der Waals surface area (Å²) < 4.78 is 15.9. The highest BCUT2D eigenvalue weighted by Gasteiger charge is 2.36. The molecule has 1 aliphatic rings. The zero-order chi connectivity index (χ0) is 24.5. The number of rotatable bonds is 6. The molecule has 1 amide bonds. The molecule has 0 bridgehead atoms. The number of amides is 1. The molecule has 1 aliphatic heterocycles. The smallest absolute Gasteiger partial charge is 0.255 e. The summed E-state index contributed by atoms with van der Waals surface area (Å²) in [4.78, 5) is 19.3. The summed E-state index contributed by atoms with van der Waals surface area (Å²) in [6.07, 6.45) is 0. The van der Waals surface area contributed by atoms with Crippen molar-refractivity contribution in [2.24, 2.45) is 0 Å². The van der Waals surface area contributed by atoms with E-state index in [-0.39, 0.29) is 11.7 Å².